The second-order valence-electron chi connectivity index (χ2n) is 5.77. The van der Waals surface area contributed by atoms with Crippen LogP contribution in [0.4, 0.5) is 11.5 Å². The van der Waals surface area contributed by atoms with Crippen LogP contribution in [0.1, 0.15) is 51.0 Å². The molecule has 0 saturated heterocycles. The Labute approximate surface area is 119 Å². The molecule has 0 aromatic carbocycles. The Morgan fingerprint density at radius 1 is 1.40 bits per heavy atom. The minimum atomic E-state index is -0.403. The zero-order valence-corrected chi connectivity index (χ0v) is 12.3. The van der Waals surface area contributed by atoms with Crippen LogP contribution in [0.25, 0.3) is 0 Å². The summed E-state index contributed by atoms with van der Waals surface area (Å²) in [5.74, 6) is 1.67. The molecule has 5 nitrogen and oxygen atoms in total. The minimum Gasteiger partial charge on any atom is -0.367 e. The van der Waals surface area contributed by atoms with Crippen molar-refractivity contribution < 1.29 is 4.92 Å². The fraction of sp³-hybridized carbons (Fsp3) is 0.667. The minimum absolute atomic E-state index is 0.0553. The van der Waals surface area contributed by atoms with E-state index in [9.17, 15) is 10.1 Å². The zero-order chi connectivity index (χ0) is 14.5. The smallest absolute Gasteiger partial charge is 0.287 e. The van der Waals surface area contributed by atoms with Crippen LogP contribution in [-0.4, -0.2) is 15.9 Å². The van der Waals surface area contributed by atoms with Gasteiger partial charge in [0.2, 0.25) is 0 Å². The summed E-state index contributed by atoms with van der Waals surface area (Å²) in [6, 6.07) is 2.04. The van der Waals surface area contributed by atoms with E-state index in [-0.39, 0.29) is 5.69 Å². The average Bonchev–Trinajstić information content (AvgIpc) is 2.43. The summed E-state index contributed by atoms with van der Waals surface area (Å²) in [4.78, 5) is 14.5. The van der Waals surface area contributed by atoms with E-state index in [2.05, 4.69) is 17.2 Å². The fourth-order valence-electron chi connectivity index (χ4n) is 3.01. The number of aromatic nitrogens is 1. The monoisotopic (exact) mass is 277 g/mol. The van der Waals surface area contributed by atoms with Crippen molar-refractivity contribution in [3.05, 3.63) is 27.9 Å². The Bertz CT molecular complexity index is 468. The normalized spacial score (nSPS) is 22.5. The van der Waals surface area contributed by atoms with Crippen molar-refractivity contribution in [1.82, 2.24) is 4.98 Å². The molecule has 0 radical (unpaired) electrons. The molecule has 0 spiro atoms. The number of aryl methyl sites for hydroxylation is 1. The maximum atomic E-state index is 10.7. The number of nitrogens with zero attached hydrogens (tertiary/aromatic N) is 2. The first-order chi connectivity index (χ1) is 9.60. The third-order valence-electron chi connectivity index (χ3n) is 4.16. The highest BCUT2D eigenvalue weighted by molar-refractivity contribution is 5.48. The number of nitrogens with one attached hydrogen (secondary N) is 1. The summed E-state index contributed by atoms with van der Waals surface area (Å²) in [7, 11) is 0. The Hall–Kier alpha value is -1.65. The molecule has 0 amide bonds. The van der Waals surface area contributed by atoms with Crippen molar-refractivity contribution in [2.75, 3.05) is 5.32 Å². The van der Waals surface area contributed by atoms with Crippen molar-refractivity contribution in [2.24, 2.45) is 5.92 Å². The Morgan fingerprint density at radius 2 is 2.10 bits per heavy atom. The van der Waals surface area contributed by atoms with E-state index < -0.39 is 4.92 Å². The molecule has 1 aromatic rings. The highest BCUT2D eigenvalue weighted by atomic mass is 16.6. The number of hydrogen-bond acceptors (Lipinski definition) is 4. The Kier molecular flexibility index (Phi) is 4.93. The van der Waals surface area contributed by atoms with Gasteiger partial charge < -0.3 is 5.32 Å². The second-order valence-corrected chi connectivity index (χ2v) is 5.77. The molecule has 1 aliphatic rings. The van der Waals surface area contributed by atoms with Crippen molar-refractivity contribution in [3.63, 3.8) is 0 Å². The molecule has 1 saturated carbocycles. The summed E-state index contributed by atoms with van der Waals surface area (Å²) in [6.07, 6.45) is 8.83. The van der Waals surface area contributed by atoms with Gasteiger partial charge in [0.25, 0.3) is 5.69 Å². The van der Waals surface area contributed by atoms with Crippen LogP contribution in [0.2, 0.25) is 0 Å². The van der Waals surface area contributed by atoms with E-state index in [1.165, 1.54) is 44.7 Å². The van der Waals surface area contributed by atoms with Gasteiger partial charge in [-0.3, -0.25) is 10.1 Å². The lowest BCUT2D eigenvalue weighted by Crippen LogP contribution is -2.26. The first-order valence-corrected chi connectivity index (χ1v) is 7.47. The van der Waals surface area contributed by atoms with Gasteiger partial charge in [-0.1, -0.05) is 19.8 Å². The first kappa shape index (κ1) is 14.8. The molecule has 0 atom stereocenters. The van der Waals surface area contributed by atoms with E-state index in [0.29, 0.717) is 6.04 Å². The van der Waals surface area contributed by atoms with Crippen molar-refractivity contribution in [2.45, 2.75) is 58.4 Å². The van der Waals surface area contributed by atoms with Crippen molar-refractivity contribution in [1.29, 1.82) is 0 Å². The fourth-order valence-corrected chi connectivity index (χ4v) is 3.01. The SMILES string of the molecule is CCCC1CCC(Nc2ncc([N+](=O)[O-])cc2C)CC1. The van der Waals surface area contributed by atoms with Crippen LogP contribution in [0.15, 0.2) is 12.3 Å². The summed E-state index contributed by atoms with van der Waals surface area (Å²) in [5.41, 5.74) is 0.898. The molecule has 5 heteroatoms. The molecule has 0 unspecified atom stereocenters. The van der Waals surface area contributed by atoms with E-state index >= 15 is 0 Å². The Balaban J connectivity index is 1.93. The summed E-state index contributed by atoms with van der Waals surface area (Å²) in [5, 5.41) is 14.1. The molecule has 1 heterocycles. The molecule has 20 heavy (non-hydrogen) atoms. The maximum absolute atomic E-state index is 10.7. The van der Waals surface area contributed by atoms with Crippen molar-refractivity contribution in [3.8, 4) is 0 Å². The highest BCUT2D eigenvalue weighted by Crippen LogP contribution is 2.30. The molecule has 110 valence electrons. The average molecular weight is 277 g/mol. The maximum Gasteiger partial charge on any atom is 0.287 e. The quantitative estimate of drug-likeness (QED) is 0.650. The van der Waals surface area contributed by atoms with Gasteiger partial charge in [-0.25, -0.2) is 4.98 Å². The van der Waals surface area contributed by atoms with Gasteiger partial charge in [0.15, 0.2) is 0 Å². The molecule has 0 bridgehead atoms. The Morgan fingerprint density at radius 3 is 2.65 bits per heavy atom. The zero-order valence-electron chi connectivity index (χ0n) is 12.3. The van der Waals surface area contributed by atoms with Gasteiger partial charge in [-0.05, 0) is 44.1 Å². The first-order valence-electron chi connectivity index (χ1n) is 7.47. The second kappa shape index (κ2) is 6.68. The molecular formula is C15H23N3O2. The third-order valence-corrected chi connectivity index (χ3v) is 4.16. The molecule has 1 aromatic heterocycles. The molecule has 1 fully saturated rings. The standard InChI is InChI=1S/C15H23N3O2/c1-3-4-12-5-7-13(8-6-12)17-15-11(2)9-14(10-16-15)18(19)20/h9-10,12-13H,3-8H2,1-2H3,(H,16,17). The van der Waals surface area contributed by atoms with Crippen LogP contribution in [-0.2, 0) is 0 Å². The van der Waals surface area contributed by atoms with E-state index in [0.717, 1.165) is 17.3 Å². The molecule has 1 N–H and O–H groups in total. The van der Waals surface area contributed by atoms with Gasteiger partial charge >= 0.3 is 0 Å². The molecule has 0 aliphatic heterocycles. The predicted octanol–water partition coefficient (Wildman–Crippen LogP) is 4.07. The van der Waals surface area contributed by atoms with E-state index in [1.807, 2.05) is 6.92 Å². The number of rotatable bonds is 5. The number of nitro groups is 1. The molecular weight excluding hydrogens is 254 g/mol. The third kappa shape index (κ3) is 3.68. The van der Waals surface area contributed by atoms with E-state index in [4.69, 9.17) is 0 Å². The summed E-state index contributed by atoms with van der Waals surface area (Å²) >= 11 is 0. The van der Waals surface area contributed by atoms with Gasteiger partial charge in [0.05, 0.1) is 4.92 Å². The molecule has 2 rings (SSSR count). The van der Waals surface area contributed by atoms with Crippen LogP contribution in [0.5, 0.6) is 0 Å². The van der Waals surface area contributed by atoms with Crippen LogP contribution < -0.4 is 5.32 Å². The number of pyridine rings is 1. The lowest BCUT2D eigenvalue weighted by atomic mass is 9.83. The lowest BCUT2D eigenvalue weighted by Gasteiger charge is -2.29. The van der Waals surface area contributed by atoms with E-state index in [1.54, 1.807) is 6.07 Å². The van der Waals surface area contributed by atoms with Crippen molar-refractivity contribution >= 4 is 11.5 Å². The highest BCUT2D eigenvalue weighted by Gasteiger charge is 2.21. The summed E-state index contributed by atoms with van der Waals surface area (Å²) in [6.45, 7) is 4.11. The van der Waals surface area contributed by atoms with Gasteiger partial charge in [-0.15, -0.1) is 0 Å². The van der Waals surface area contributed by atoms with Crippen LogP contribution in [0, 0.1) is 23.0 Å². The van der Waals surface area contributed by atoms with Crippen LogP contribution in [0.3, 0.4) is 0 Å². The van der Waals surface area contributed by atoms with Gasteiger partial charge in [-0.2, -0.15) is 0 Å². The number of anilines is 1. The topological polar surface area (TPSA) is 68.1 Å². The van der Waals surface area contributed by atoms with Gasteiger partial charge in [0.1, 0.15) is 12.0 Å². The largest absolute Gasteiger partial charge is 0.367 e. The lowest BCUT2D eigenvalue weighted by molar-refractivity contribution is -0.385. The summed E-state index contributed by atoms with van der Waals surface area (Å²) < 4.78 is 0. The van der Waals surface area contributed by atoms with Gasteiger partial charge in [0, 0.05) is 12.1 Å². The number of hydrogen-bond donors (Lipinski definition) is 1. The molecule has 1 aliphatic carbocycles. The van der Waals surface area contributed by atoms with Crippen LogP contribution >= 0.6 is 0 Å². The predicted molar refractivity (Wildman–Crippen MR) is 79.9 cm³/mol.